The van der Waals surface area contributed by atoms with Gasteiger partial charge in [0, 0.05) is 12.5 Å². The fourth-order valence-electron chi connectivity index (χ4n) is 3.72. The van der Waals surface area contributed by atoms with Gasteiger partial charge in [-0.15, -0.1) is 0 Å². The van der Waals surface area contributed by atoms with Crippen LogP contribution in [0, 0.1) is 11.8 Å². The van der Waals surface area contributed by atoms with E-state index in [9.17, 15) is 4.79 Å². The van der Waals surface area contributed by atoms with Crippen molar-refractivity contribution in [1.29, 1.82) is 0 Å². The van der Waals surface area contributed by atoms with E-state index in [2.05, 4.69) is 6.92 Å². The lowest BCUT2D eigenvalue weighted by atomic mass is 9.78. The maximum atomic E-state index is 10.5. The average molecular weight is 310 g/mol. The van der Waals surface area contributed by atoms with E-state index in [1.54, 1.807) is 6.08 Å². The first-order valence-electron chi connectivity index (χ1n) is 8.82. The Bertz CT molecular complexity index is 366. The predicted molar refractivity (Wildman–Crippen MR) is 85.8 cm³/mol. The zero-order valence-electron chi connectivity index (χ0n) is 13.7. The Morgan fingerprint density at radius 1 is 1.18 bits per heavy atom. The van der Waals surface area contributed by atoms with E-state index >= 15 is 0 Å². The minimum Gasteiger partial charge on any atom is -0.481 e. The summed E-state index contributed by atoms with van der Waals surface area (Å²) in [6, 6.07) is 0. The molecule has 2 fully saturated rings. The van der Waals surface area contributed by atoms with E-state index in [1.165, 1.54) is 19.3 Å². The molecular formula is C18H30O4. The second kappa shape index (κ2) is 9.31. The van der Waals surface area contributed by atoms with Gasteiger partial charge in [0.15, 0.2) is 0 Å². The van der Waals surface area contributed by atoms with Gasteiger partial charge in [0.05, 0.1) is 25.2 Å². The van der Waals surface area contributed by atoms with Crippen LogP contribution in [0.4, 0.5) is 0 Å². The second-order valence-electron chi connectivity index (χ2n) is 6.56. The molecule has 4 atom stereocenters. The van der Waals surface area contributed by atoms with Crippen molar-refractivity contribution in [3.63, 3.8) is 0 Å². The predicted octanol–water partition coefficient (Wildman–Crippen LogP) is 3.80. The Labute approximate surface area is 133 Å². The molecular weight excluding hydrogens is 280 g/mol. The molecule has 2 rings (SSSR count). The minimum atomic E-state index is -0.771. The van der Waals surface area contributed by atoms with E-state index in [1.807, 2.05) is 6.08 Å². The van der Waals surface area contributed by atoms with Crippen LogP contribution in [-0.4, -0.2) is 36.5 Å². The third-order valence-electron chi connectivity index (χ3n) is 4.91. The summed E-state index contributed by atoms with van der Waals surface area (Å²) in [6.45, 7) is 3.87. The lowest BCUT2D eigenvalue weighted by molar-refractivity contribution is -0.136. The molecule has 2 heterocycles. The van der Waals surface area contributed by atoms with Crippen molar-refractivity contribution in [2.45, 2.75) is 70.5 Å². The molecule has 2 bridgehead atoms. The monoisotopic (exact) mass is 310 g/mol. The highest BCUT2D eigenvalue weighted by atomic mass is 16.5. The van der Waals surface area contributed by atoms with Gasteiger partial charge < -0.3 is 14.6 Å². The molecule has 4 nitrogen and oxygen atoms in total. The normalized spacial score (nSPS) is 30.4. The summed E-state index contributed by atoms with van der Waals surface area (Å²) in [5.41, 5.74) is 0. The fraction of sp³-hybridized carbons (Fsp3) is 0.833. The Balaban J connectivity index is 1.70. The molecule has 0 radical (unpaired) electrons. The maximum absolute atomic E-state index is 10.5. The van der Waals surface area contributed by atoms with Crippen LogP contribution < -0.4 is 0 Å². The zero-order valence-corrected chi connectivity index (χ0v) is 13.7. The van der Waals surface area contributed by atoms with E-state index in [-0.39, 0.29) is 6.42 Å². The standard InChI is InChI=1S/C18H30O4/c1-2-3-4-7-12-21-13-15-14(8-5-6-9-18(19)20)16-10-11-17(15)22-16/h5-6,14-17H,2-4,7-13H2,1H3,(H,19,20)/b6-5-/t14-,15+,16-,17+/m0/s1. The number of aliphatic carboxylic acids is 1. The molecule has 126 valence electrons. The number of hydrogen-bond donors (Lipinski definition) is 1. The number of carboxylic acid groups (broad SMARTS) is 1. The smallest absolute Gasteiger partial charge is 0.307 e. The number of unbranched alkanes of at least 4 members (excludes halogenated alkanes) is 3. The van der Waals surface area contributed by atoms with Crippen LogP contribution in [0.5, 0.6) is 0 Å². The number of rotatable bonds is 11. The first-order chi connectivity index (χ1) is 10.7. The SMILES string of the molecule is CCCCCCOC[C@@H]1[C@H](C/C=C\CC(=O)O)[C@@H]2CC[C@H]1O2. The van der Waals surface area contributed by atoms with Gasteiger partial charge in [-0.1, -0.05) is 38.3 Å². The van der Waals surface area contributed by atoms with Gasteiger partial charge in [0.1, 0.15) is 0 Å². The summed E-state index contributed by atoms with van der Waals surface area (Å²) in [5.74, 6) is 0.214. The third-order valence-corrected chi connectivity index (χ3v) is 4.91. The van der Waals surface area contributed by atoms with E-state index in [0.717, 1.165) is 38.9 Å². The molecule has 1 N–H and O–H groups in total. The summed E-state index contributed by atoms with van der Waals surface area (Å²) in [7, 11) is 0. The second-order valence-corrected chi connectivity index (χ2v) is 6.56. The molecule has 0 aromatic heterocycles. The van der Waals surface area contributed by atoms with Gasteiger partial charge in [-0.05, 0) is 31.6 Å². The van der Waals surface area contributed by atoms with E-state index in [4.69, 9.17) is 14.6 Å². The van der Waals surface area contributed by atoms with Gasteiger partial charge in [-0.25, -0.2) is 0 Å². The molecule has 0 saturated carbocycles. The lowest BCUT2D eigenvalue weighted by Gasteiger charge is -2.27. The molecule has 2 saturated heterocycles. The number of ether oxygens (including phenoxy) is 2. The highest BCUT2D eigenvalue weighted by molar-refractivity contribution is 5.68. The van der Waals surface area contributed by atoms with Crippen molar-refractivity contribution in [3.05, 3.63) is 12.2 Å². The molecule has 0 spiro atoms. The quantitative estimate of drug-likeness (QED) is 0.466. The van der Waals surface area contributed by atoms with E-state index < -0.39 is 5.97 Å². The van der Waals surface area contributed by atoms with Gasteiger partial charge in [-0.3, -0.25) is 4.79 Å². The van der Waals surface area contributed by atoms with Crippen molar-refractivity contribution in [2.75, 3.05) is 13.2 Å². The first kappa shape index (κ1) is 17.5. The average Bonchev–Trinajstić information content (AvgIpc) is 3.08. The molecule has 4 heteroatoms. The molecule has 2 aliphatic rings. The Morgan fingerprint density at radius 2 is 1.95 bits per heavy atom. The van der Waals surface area contributed by atoms with Crippen LogP contribution in [0.3, 0.4) is 0 Å². The van der Waals surface area contributed by atoms with Crippen LogP contribution in [0.2, 0.25) is 0 Å². The van der Waals surface area contributed by atoms with Crippen molar-refractivity contribution in [3.8, 4) is 0 Å². The van der Waals surface area contributed by atoms with Crippen molar-refractivity contribution < 1.29 is 19.4 Å². The van der Waals surface area contributed by atoms with Gasteiger partial charge >= 0.3 is 5.97 Å². The molecule has 22 heavy (non-hydrogen) atoms. The molecule has 0 aromatic carbocycles. The Hall–Kier alpha value is -0.870. The van der Waals surface area contributed by atoms with Crippen molar-refractivity contribution >= 4 is 5.97 Å². The largest absolute Gasteiger partial charge is 0.481 e. The van der Waals surface area contributed by atoms with Crippen LogP contribution in [0.15, 0.2) is 12.2 Å². The number of allylic oxidation sites excluding steroid dienone is 1. The maximum Gasteiger partial charge on any atom is 0.307 e. The fourth-order valence-corrected chi connectivity index (χ4v) is 3.72. The Morgan fingerprint density at radius 3 is 2.68 bits per heavy atom. The molecule has 0 amide bonds. The summed E-state index contributed by atoms with van der Waals surface area (Å²) in [6.07, 6.45) is 12.8. The molecule has 0 aliphatic carbocycles. The summed E-state index contributed by atoms with van der Waals surface area (Å²) < 4.78 is 11.9. The van der Waals surface area contributed by atoms with Gasteiger partial charge in [-0.2, -0.15) is 0 Å². The molecule has 2 aliphatic heterocycles. The van der Waals surface area contributed by atoms with Crippen LogP contribution in [-0.2, 0) is 14.3 Å². The third kappa shape index (κ3) is 5.10. The highest BCUT2D eigenvalue weighted by Crippen LogP contribution is 2.45. The summed E-state index contributed by atoms with van der Waals surface area (Å²) in [4.78, 5) is 10.5. The molecule has 0 aromatic rings. The number of carboxylic acids is 1. The van der Waals surface area contributed by atoms with Crippen LogP contribution in [0.25, 0.3) is 0 Å². The topological polar surface area (TPSA) is 55.8 Å². The Kier molecular flexibility index (Phi) is 7.40. The number of fused-ring (bicyclic) bond motifs is 2. The van der Waals surface area contributed by atoms with Crippen molar-refractivity contribution in [1.82, 2.24) is 0 Å². The van der Waals surface area contributed by atoms with Gasteiger partial charge in [0.25, 0.3) is 0 Å². The van der Waals surface area contributed by atoms with Crippen LogP contribution in [0.1, 0.15) is 58.3 Å². The van der Waals surface area contributed by atoms with E-state index in [0.29, 0.717) is 24.0 Å². The number of hydrogen-bond acceptors (Lipinski definition) is 3. The lowest BCUT2D eigenvalue weighted by Crippen LogP contribution is -2.30. The molecule has 0 unspecified atom stereocenters. The van der Waals surface area contributed by atoms with Crippen LogP contribution >= 0.6 is 0 Å². The van der Waals surface area contributed by atoms with Gasteiger partial charge in [0.2, 0.25) is 0 Å². The first-order valence-corrected chi connectivity index (χ1v) is 8.82. The summed E-state index contributed by atoms with van der Waals surface area (Å²) in [5, 5.41) is 8.67. The highest BCUT2D eigenvalue weighted by Gasteiger charge is 2.48. The summed E-state index contributed by atoms with van der Waals surface area (Å²) >= 11 is 0. The minimum absolute atomic E-state index is 0.111. The number of carbonyl (C=O) groups is 1. The zero-order chi connectivity index (χ0) is 15.8. The van der Waals surface area contributed by atoms with Crippen molar-refractivity contribution in [2.24, 2.45) is 11.8 Å².